The lowest BCUT2D eigenvalue weighted by atomic mass is 9.87. The maximum atomic E-state index is 13.5. The number of carbonyl (C=O) groups is 1. The first-order valence-electron chi connectivity index (χ1n) is 8.67. The van der Waals surface area contributed by atoms with E-state index in [0.29, 0.717) is 22.8 Å². The number of nitrogens with one attached hydrogen (secondary N) is 2. The standard InChI is InChI=1S/C20H19F2N3O3S/c1-10-17(19(26)24-11-4-7-14(21)15(22)8-11)18(25-20(29)23-10)13-6-5-12(27-2)9-16(13)28-3/h4-9,17-18H,1-3H3,(H,24,26)(H,25,29). The third-order valence-electron chi connectivity index (χ3n) is 4.59. The van der Waals surface area contributed by atoms with Gasteiger partial charge in [0.1, 0.15) is 17.4 Å². The van der Waals surface area contributed by atoms with E-state index in [1.165, 1.54) is 20.3 Å². The maximum Gasteiger partial charge on any atom is 0.235 e. The molecule has 0 saturated carbocycles. The minimum atomic E-state index is -1.05. The van der Waals surface area contributed by atoms with Crippen molar-refractivity contribution in [3.63, 3.8) is 0 Å². The summed E-state index contributed by atoms with van der Waals surface area (Å²) in [5, 5.41) is 5.89. The predicted octanol–water partition coefficient (Wildman–Crippen LogP) is 3.63. The number of amides is 1. The largest absolute Gasteiger partial charge is 0.497 e. The van der Waals surface area contributed by atoms with Crippen molar-refractivity contribution in [2.24, 2.45) is 10.9 Å². The summed E-state index contributed by atoms with van der Waals surface area (Å²) in [6.45, 7) is 1.69. The van der Waals surface area contributed by atoms with Crippen molar-refractivity contribution in [1.29, 1.82) is 0 Å². The molecule has 29 heavy (non-hydrogen) atoms. The second-order valence-corrected chi connectivity index (χ2v) is 6.77. The van der Waals surface area contributed by atoms with Crippen LogP contribution in [0, 0.1) is 17.6 Å². The maximum absolute atomic E-state index is 13.5. The van der Waals surface area contributed by atoms with E-state index in [-0.39, 0.29) is 10.8 Å². The molecule has 0 radical (unpaired) electrons. The number of anilines is 1. The van der Waals surface area contributed by atoms with Gasteiger partial charge in [-0.3, -0.25) is 4.79 Å². The fraction of sp³-hybridized carbons (Fsp3) is 0.250. The third kappa shape index (κ3) is 4.34. The van der Waals surface area contributed by atoms with E-state index in [0.717, 1.165) is 12.1 Å². The van der Waals surface area contributed by atoms with Gasteiger partial charge in [-0.25, -0.2) is 13.8 Å². The number of hydrogen-bond acceptors (Lipinski definition) is 4. The molecule has 1 aliphatic rings. The van der Waals surface area contributed by atoms with Crippen LogP contribution in [0.3, 0.4) is 0 Å². The Balaban J connectivity index is 1.97. The molecular formula is C20H19F2N3O3S. The van der Waals surface area contributed by atoms with Crippen molar-refractivity contribution in [3.05, 3.63) is 53.6 Å². The predicted molar refractivity (Wildman–Crippen MR) is 110 cm³/mol. The Hall–Kier alpha value is -3.07. The number of hydrogen-bond donors (Lipinski definition) is 2. The molecule has 2 aromatic carbocycles. The summed E-state index contributed by atoms with van der Waals surface area (Å²) in [6, 6.07) is 7.79. The number of methoxy groups -OCH3 is 2. The first-order chi connectivity index (χ1) is 13.8. The summed E-state index contributed by atoms with van der Waals surface area (Å²) in [5.74, 6) is -2.16. The van der Waals surface area contributed by atoms with Gasteiger partial charge in [-0.05, 0) is 43.4 Å². The lowest BCUT2D eigenvalue weighted by Crippen LogP contribution is -2.45. The van der Waals surface area contributed by atoms with Crippen LogP contribution in [0.1, 0.15) is 18.5 Å². The van der Waals surface area contributed by atoms with Crippen LogP contribution in [0.4, 0.5) is 14.5 Å². The lowest BCUT2D eigenvalue weighted by Gasteiger charge is -2.32. The molecule has 152 valence electrons. The topological polar surface area (TPSA) is 72.0 Å². The first-order valence-corrected chi connectivity index (χ1v) is 9.08. The third-order valence-corrected chi connectivity index (χ3v) is 4.79. The van der Waals surface area contributed by atoms with Gasteiger partial charge in [0.05, 0.1) is 20.3 Å². The van der Waals surface area contributed by atoms with Crippen molar-refractivity contribution in [2.75, 3.05) is 19.5 Å². The molecule has 0 bridgehead atoms. The molecule has 0 aliphatic carbocycles. The summed E-state index contributed by atoms with van der Waals surface area (Å²) in [4.78, 5) is 17.2. The Morgan fingerprint density at radius 1 is 1.14 bits per heavy atom. The van der Waals surface area contributed by atoms with Gasteiger partial charge in [0.15, 0.2) is 16.7 Å². The smallest absolute Gasteiger partial charge is 0.235 e. The van der Waals surface area contributed by atoms with E-state index in [2.05, 4.69) is 15.6 Å². The molecule has 1 heterocycles. The van der Waals surface area contributed by atoms with Gasteiger partial charge in [-0.1, -0.05) is 0 Å². The number of carbonyl (C=O) groups excluding carboxylic acids is 1. The molecule has 6 nitrogen and oxygen atoms in total. The molecule has 9 heteroatoms. The minimum absolute atomic E-state index is 0.135. The highest BCUT2D eigenvalue weighted by atomic mass is 32.1. The van der Waals surface area contributed by atoms with E-state index >= 15 is 0 Å². The Morgan fingerprint density at radius 3 is 2.55 bits per heavy atom. The van der Waals surface area contributed by atoms with Crippen molar-refractivity contribution in [1.82, 2.24) is 5.32 Å². The summed E-state index contributed by atoms with van der Waals surface area (Å²) in [7, 11) is 3.05. The highest BCUT2D eigenvalue weighted by Gasteiger charge is 2.37. The first kappa shape index (κ1) is 20.7. The van der Waals surface area contributed by atoms with Gasteiger partial charge in [0, 0.05) is 29.1 Å². The van der Waals surface area contributed by atoms with E-state index in [9.17, 15) is 13.6 Å². The fourth-order valence-corrected chi connectivity index (χ4v) is 3.46. The van der Waals surface area contributed by atoms with Crippen molar-refractivity contribution >= 4 is 34.6 Å². The van der Waals surface area contributed by atoms with E-state index < -0.39 is 29.5 Å². The zero-order valence-corrected chi connectivity index (χ0v) is 16.8. The van der Waals surface area contributed by atoms with E-state index in [1.54, 1.807) is 25.1 Å². The monoisotopic (exact) mass is 419 g/mol. The number of thiocarbonyl (C=S) groups is 1. The van der Waals surface area contributed by atoms with Crippen LogP contribution in [0.5, 0.6) is 11.5 Å². The molecular weight excluding hydrogens is 400 g/mol. The van der Waals surface area contributed by atoms with Crippen LogP contribution in [-0.4, -0.2) is 31.0 Å². The number of benzene rings is 2. The Labute approximate surface area is 171 Å². The molecule has 2 aromatic rings. The molecule has 2 unspecified atom stereocenters. The minimum Gasteiger partial charge on any atom is -0.497 e. The Kier molecular flexibility index (Phi) is 6.07. The highest BCUT2D eigenvalue weighted by Crippen LogP contribution is 2.36. The van der Waals surface area contributed by atoms with Crippen LogP contribution >= 0.6 is 12.2 Å². The number of halogens is 2. The zero-order valence-electron chi connectivity index (χ0n) is 16.0. The fourth-order valence-electron chi connectivity index (χ4n) is 3.19. The van der Waals surface area contributed by atoms with Crippen LogP contribution in [-0.2, 0) is 4.79 Å². The van der Waals surface area contributed by atoms with Gasteiger partial charge >= 0.3 is 0 Å². The second kappa shape index (κ2) is 8.52. The zero-order chi connectivity index (χ0) is 21.1. The Bertz CT molecular complexity index is 997. The van der Waals surface area contributed by atoms with Gasteiger partial charge in [-0.2, -0.15) is 0 Å². The molecule has 2 N–H and O–H groups in total. The average molecular weight is 419 g/mol. The van der Waals surface area contributed by atoms with Crippen LogP contribution in [0.2, 0.25) is 0 Å². The Morgan fingerprint density at radius 2 is 1.90 bits per heavy atom. The van der Waals surface area contributed by atoms with Gasteiger partial charge in [0.2, 0.25) is 5.91 Å². The molecule has 0 aromatic heterocycles. The molecule has 0 spiro atoms. The van der Waals surface area contributed by atoms with E-state index in [1.807, 2.05) is 0 Å². The summed E-state index contributed by atoms with van der Waals surface area (Å²) in [6.07, 6.45) is 0. The van der Waals surface area contributed by atoms with Gasteiger partial charge < -0.3 is 20.1 Å². The van der Waals surface area contributed by atoms with Crippen molar-refractivity contribution in [3.8, 4) is 11.5 Å². The highest BCUT2D eigenvalue weighted by molar-refractivity contribution is 7.80. The molecule has 2 atom stereocenters. The number of rotatable bonds is 5. The van der Waals surface area contributed by atoms with Crippen LogP contribution < -0.4 is 20.1 Å². The van der Waals surface area contributed by atoms with Crippen molar-refractivity contribution < 1.29 is 23.0 Å². The quantitative estimate of drug-likeness (QED) is 0.725. The molecule has 3 rings (SSSR count). The number of ether oxygens (including phenoxy) is 2. The normalized spacial score (nSPS) is 18.5. The lowest BCUT2D eigenvalue weighted by molar-refractivity contribution is -0.118. The van der Waals surface area contributed by atoms with Crippen LogP contribution in [0.25, 0.3) is 0 Å². The van der Waals surface area contributed by atoms with Gasteiger partial charge in [0.25, 0.3) is 0 Å². The average Bonchev–Trinajstić information content (AvgIpc) is 2.69. The van der Waals surface area contributed by atoms with Crippen molar-refractivity contribution in [2.45, 2.75) is 13.0 Å². The number of aliphatic imine (C=N–C) groups is 1. The second-order valence-electron chi connectivity index (χ2n) is 6.38. The summed E-state index contributed by atoms with van der Waals surface area (Å²) < 4.78 is 37.4. The summed E-state index contributed by atoms with van der Waals surface area (Å²) >= 11 is 5.20. The molecule has 0 fully saturated rings. The molecule has 1 amide bonds. The SMILES string of the molecule is COc1ccc(C2NC(=S)N=C(C)C2C(=O)Nc2ccc(F)c(F)c2)c(OC)c1. The molecule has 0 saturated heterocycles. The summed E-state index contributed by atoms with van der Waals surface area (Å²) in [5.41, 5.74) is 1.29. The van der Waals surface area contributed by atoms with E-state index in [4.69, 9.17) is 21.7 Å². The molecule has 1 aliphatic heterocycles. The number of nitrogens with zero attached hydrogens (tertiary/aromatic N) is 1. The van der Waals surface area contributed by atoms with Gasteiger partial charge in [-0.15, -0.1) is 0 Å². The van der Waals surface area contributed by atoms with Crippen LogP contribution in [0.15, 0.2) is 41.4 Å².